The fourth-order valence-electron chi connectivity index (χ4n) is 2.35. The molecule has 108 valence electrons. The zero-order valence-corrected chi connectivity index (χ0v) is 13.2. The molecule has 0 bridgehead atoms. The van der Waals surface area contributed by atoms with Crippen LogP contribution < -0.4 is 5.56 Å². The molecule has 0 amide bonds. The third-order valence-corrected chi connectivity index (χ3v) is 3.59. The summed E-state index contributed by atoms with van der Waals surface area (Å²) in [7, 11) is 0. The van der Waals surface area contributed by atoms with Crippen molar-refractivity contribution >= 4 is 34.9 Å². The monoisotopic (exact) mass is 320 g/mol. The first kappa shape index (κ1) is 15.5. The van der Waals surface area contributed by atoms with Crippen LogP contribution in [0.4, 0.5) is 0 Å². The van der Waals surface area contributed by atoms with Gasteiger partial charge in [0.25, 0.3) is 5.56 Å². The number of hydrogen-bond donors (Lipinski definition) is 0. The van der Waals surface area contributed by atoms with Crippen LogP contribution in [-0.2, 0) is 0 Å². The van der Waals surface area contributed by atoms with Crippen LogP contribution in [0.2, 0.25) is 5.02 Å². The molecule has 1 heterocycles. The Morgan fingerprint density at radius 1 is 1.10 bits per heavy atom. The van der Waals surface area contributed by atoms with Gasteiger partial charge < -0.3 is 0 Å². The van der Waals surface area contributed by atoms with E-state index in [1.54, 1.807) is 16.7 Å². The molecule has 1 aromatic heterocycles. The summed E-state index contributed by atoms with van der Waals surface area (Å²) in [5.41, 5.74) is 2.40. The molecule has 0 radical (unpaired) electrons. The number of nitrogens with zero attached hydrogens (tertiary/aromatic N) is 2. The molecule has 0 spiro atoms. The second-order valence-corrected chi connectivity index (χ2v) is 5.18. The topological polar surface area (TPSA) is 34.9 Å². The largest absolute Gasteiger partial charge is 0.268 e. The third-order valence-electron chi connectivity index (χ3n) is 3.36. The first-order valence-electron chi connectivity index (χ1n) is 6.33. The molecule has 0 N–H and O–H groups in total. The molecule has 0 atom stereocenters. The van der Waals surface area contributed by atoms with Gasteiger partial charge in [0.2, 0.25) is 0 Å². The smallest absolute Gasteiger partial charge is 0.265 e. The number of para-hydroxylation sites is 1. The average molecular weight is 321 g/mol. The van der Waals surface area contributed by atoms with E-state index >= 15 is 0 Å². The minimum absolute atomic E-state index is 0. The highest BCUT2D eigenvalue weighted by Crippen LogP contribution is 2.20. The van der Waals surface area contributed by atoms with Gasteiger partial charge in [-0.2, -0.15) is 0 Å². The number of halogens is 2. The lowest BCUT2D eigenvalue weighted by Crippen LogP contribution is -2.22. The standard InChI is InChI=1S/C16H13ClN2O.ClH/c1-10-7-8-12(17)9-15(10)19-11(2)18-14-6-4-3-5-13(14)16(19)20;/h3-9H,1-2H3;1H. The lowest BCUT2D eigenvalue weighted by Gasteiger charge is -2.13. The highest BCUT2D eigenvalue weighted by molar-refractivity contribution is 6.30. The van der Waals surface area contributed by atoms with Crippen molar-refractivity contribution in [2.24, 2.45) is 0 Å². The third kappa shape index (κ3) is 2.67. The second kappa shape index (κ2) is 5.88. The summed E-state index contributed by atoms with van der Waals surface area (Å²) >= 11 is 6.05. The van der Waals surface area contributed by atoms with Crippen molar-refractivity contribution in [1.29, 1.82) is 0 Å². The zero-order valence-electron chi connectivity index (χ0n) is 11.6. The van der Waals surface area contributed by atoms with Crippen molar-refractivity contribution in [2.45, 2.75) is 13.8 Å². The lowest BCUT2D eigenvalue weighted by atomic mass is 10.2. The van der Waals surface area contributed by atoms with Gasteiger partial charge in [0.05, 0.1) is 16.6 Å². The quantitative estimate of drug-likeness (QED) is 0.677. The number of rotatable bonds is 1. The van der Waals surface area contributed by atoms with Crippen molar-refractivity contribution in [3.05, 3.63) is 69.2 Å². The number of fused-ring (bicyclic) bond motifs is 1. The Labute approximate surface area is 133 Å². The summed E-state index contributed by atoms with van der Waals surface area (Å²) in [6, 6.07) is 12.9. The van der Waals surface area contributed by atoms with Gasteiger partial charge in [0.15, 0.2) is 0 Å². The highest BCUT2D eigenvalue weighted by Gasteiger charge is 2.11. The molecule has 0 saturated heterocycles. The van der Waals surface area contributed by atoms with Gasteiger partial charge in [-0.05, 0) is 43.7 Å². The molecule has 0 unspecified atom stereocenters. The van der Waals surface area contributed by atoms with E-state index in [0.29, 0.717) is 21.7 Å². The molecule has 3 nitrogen and oxygen atoms in total. The number of aryl methyl sites for hydroxylation is 2. The van der Waals surface area contributed by atoms with Crippen LogP contribution in [0.1, 0.15) is 11.4 Å². The summed E-state index contributed by atoms with van der Waals surface area (Å²) in [4.78, 5) is 17.2. The van der Waals surface area contributed by atoms with Crippen LogP contribution in [0.25, 0.3) is 16.6 Å². The first-order valence-corrected chi connectivity index (χ1v) is 6.70. The van der Waals surface area contributed by atoms with E-state index in [9.17, 15) is 4.79 Å². The maximum absolute atomic E-state index is 12.7. The fraction of sp³-hybridized carbons (Fsp3) is 0.125. The Bertz CT molecular complexity index is 872. The fourth-order valence-corrected chi connectivity index (χ4v) is 2.52. The van der Waals surface area contributed by atoms with E-state index in [2.05, 4.69) is 4.98 Å². The number of benzene rings is 2. The molecule has 2 aromatic carbocycles. The van der Waals surface area contributed by atoms with Gasteiger partial charge >= 0.3 is 0 Å². The van der Waals surface area contributed by atoms with Crippen molar-refractivity contribution in [3.8, 4) is 5.69 Å². The average Bonchev–Trinajstić information content (AvgIpc) is 2.42. The molecule has 0 aliphatic heterocycles. The Morgan fingerprint density at radius 3 is 2.57 bits per heavy atom. The predicted octanol–water partition coefficient (Wildman–Crippen LogP) is 4.08. The van der Waals surface area contributed by atoms with Crippen molar-refractivity contribution < 1.29 is 0 Å². The Hall–Kier alpha value is -1.84. The first-order chi connectivity index (χ1) is 9.58. The van der Waals surface area contributed by atoms with Gasteiger partial charge in [-0.25, -0.2) is 4.98 Å². The van der Waals surface area contributed by atoms with Crippen LogP contribution >= 0.6 is 24.0 Å². The summed E-state index contributed by atoms with van der Waals surface area (Å²) < 4.78 is 1.61. The predicted molar refractivity (Wildman–Crippen MR) is 89.1 cm³/mol. The molecule has 3 rings (SSSR count). The SMILES string of the molecule is Cc1ccc(Cl)cc1-n1c(C)nc2ccccc2c1=O.Cl. The molecule has 0 aliphatic rings. The molecule has 0 aliphatic carbocycles. The highest BCUT2D eigenvalue weighted by atomic mass is 35.5. The van der Waals surface area contributed by atoms with E-state index in [1.807, 2.05) is 44.2 Å². The van der Waals surface area contributed by atoms with Crippen molar-refractivity contribution in [2.75, 3.05) is 0 Å². The summed E-state index contributed by atoms with van der Waals surface area (Å²) in [5.74, 6) is 0.652. The minimum Gasteiger partial charge on any atom is -0.268 e. The second-order valence-electron chi connectivity index (χ2n) is 4.75. The van der Waals surface area contributed by atoms with E-state index in [0.717, 1.165) is 11.3 Å². The molecule has 3 aromatic rings. The summed E-state index contributed by atoms with van der Waals surface area (Å²) in [5, 5.41) is 1.21. The number of aromatic nitrogens is 2. The van der Waals surface area contributed by atoms with Gasteiger partial charge in [-0.3, -0.25) is 9.36 Å². The molecular formula is C16H14Cl2N2O. The van der Waals surface area contributed by atoms with E-state index in [-0.39, 0.29) is 18.0 Å². The summed E-state index contributed by atoms with van der Waals surface area (Å²) in [6.45, 7) is 3.78. The molecule has 21 heavy (non-hydrogen) atoms. The van der Waals surface area contributed by atoms with Crippen molar-refractivity contribution in [1.82, 2.24) is 9.55 Å². The Kier molecular flexibility index (Phi) is 4.35. The number of hydrogen-bond acceptors (Lipinski definition) is 2. The van der Waals surface area contributed by atoms with Gasteiger partial charge in [-0.15, -0.1) is 12.4 Å². The maximum atomic E-state index is 12.7. The molecule has 0 saturated carbocycles. The maximum Gasteiger partial charge on any atom is 0.265 e. The van der Waals surface area contributed by atoms with Gasteiger partial charge in [-0.1, -0.05) is 29.8 Å². The normalized spacial score (nSPS) is 10.4. The molecule has 0 fully saturated rings. The van der Waals surface area contributed by atoms with Gasteiger partial charge in [0, 0.05) is 5.02 Å². The van der Waals surface area contributed by atoms with E-state index < -0.39 is 0 Å². The summed E-state index contributed by atoms with van der Waals surface area (Å²) in [6.07, 6.45) is 0. The van der Waals surface area contributed by atoms with E-state index in [1.165, 1.54) is 0 Å². The van der Waals surface area contributed by atoms with Crippen LogP contribution in [0.3, 0.4) is 0 Å². The van der Waals surface area contributed by atoms with Crippen LogP contribution in [0, 0.1) is 13.8 Å². The molecule has 5 heteroatoms. The molecular weight excluding hydrogens is 307 g/mol. The zero-order chi connectivity index (χ0) is 14.3. The minimum atomic E-state index is -0.0709. The Balaban J connectivity index is 0.00000161. The van der Waals surface area contributed by atoms with Gasteiger partial charge in [0.1, 0.15) is 5.82 Å². The van der Waals surface area contributed by atoms with Crippen LogP contribution in [-0.4, -0.2) is 9.55 Å². The van der Waals surface area contributed by atoms with Crippen molar-refractivity contribution in [3.63, 3.8) is 0 Å². The van der Waals surface area contributed by atoms with Crippen LogP contribution in [0.15, 0.2) is 47.3 Å². The Morgan fingerprint density at radius 2 is 1.81 bits per heavy atom. The van der Waals surface area contributed by atoms with Crippen LogP contribution in [0.5, 0.6) is 0 Å². The lowest BCUT2D eigenvalue weighted by molar-refractivity contribution is 0.888. The van der Waals surface area contributed by atoms with E-state index in [4.69, 9.17) is 11.6 Å².